The van der Waals surface area contributed by atoms with E-state index in [1.807, 2.05) is 0 Å². The molecule has 0 fully saturated rings. The van der Waals surface area contributed by atoms with Crippen LogP contribution < -0.4 is 4.72 Å². The summed E-state index contributed by atoms with van der Waals surface area (Å²) in [5.74, 6) is -0.680. The number of sulfonamides is 1. The second kappa shape index (κ2) is 5.08. The van der Waals surface area contributed by atoms with E-state index in [2.05, 4.69) is 4.72 Å². The molecule has 1 N–H and O–H groups in total. The third kappa shape index (κ3) is 2.72. The molecule has 0 atom stereocenters. The van der Waals surface area contributed by atoms with E-state index >= 15 is 0 Å². The van der Waals surface area contributed by atoms with Crippen molar-refractivity contribution in [1.29, 1.82) is 5.26 Å². The average molecular weight is 276 g/mol. The lowest BCUT2D eigenvalue weighted by molar-refractivity contribution is 0.598. The molecular weight excluding hydrogens is 267 g/mol. The topological polar surface area (TPSA) is 70.0 Å². The van der Waals surface area contributed by atoms with Crippen LogP contribution in [0.15, 0.2) is 53.4 Å². The predicted molar refractivity (Wildman–Crippen MR) is 68.4 cm³/mol. The fourth-order valence-corrected chi connectivity index (χ4v) is 2.76. The molecule has 19 heavy (non-hydrogen) atoms. The highest BCUT2D eigenvalue weighted by Gasteiger charge is 2.19. The van der Waals surface area contributed by atoms with Gasteiger partial charge in [-0.25, -0.2) is 12.8 Å². The molecule has 0 amide bonds. The maximum absolute atomic E-state index is 13.4. The molecule has 0 spiro atoms. The van der Waals surface area contributed by atoms with Crippen LogP contribution in [0.3, 0.4) is 0 Å². The van der Waals surface area contributed by atoms with Crippen LogP contribution >= 0.6 is 0 Å². The van der Waals surface area contributed by atoms with E-state index in [9.17, 15) is 12.8 Å². The van der Waals surface area contributed by atoms with Crippen LogP contribution in [0.4, 0.5) is 10.1 Å². The molecule has 0 saturated carbocycles. The number of nitrogens with zero attached hydrogens (tertiary/aromatic N) is 1. The Balaban J connectivity index is 2.45. The normalized spacial score (nSPS) is 10.7. The van der Waals surface area contributed by atoms with Gasteiger partial charge in [0.2, 0.25) is 0 Å². The van der Waals surface area contributed by atoms with Crippen LogP contribution in [-0.4, -0.2) is 8.42 Å². The Morgan fingerprint density at radius 3 is 2.37 bits per heavy atom. The lowest BCUT2D eigenvalue weighted by Gasteiger charge is -2.09. The van der Waals surface area contributed by atoms with E-state index in [1.54, 1.807) is 12.1 Å². The minimum atomic E-state index is -3.99. The maximum Gasteiger partial charge on any atom is 0.263 e. The van der Waals surface area contributed by atoms with E-state index in [0.717, 1.165) is 6.07 Å². The molecule has 2 rings (SSSR count). The molecule has 0 radical (unpaired) electrons. The third-order valence-corrected chi connectivity index (χ3v) is 3.84. The van der Waals surface area contributed by atoms with Crippen molar-refractivity contribution in [2.24, 2.45) is 0 Å². The molecule has 0 aliphatic carbocycles. The van der Waals surface area contributed by atoms with E-state index in [-0.39, 0.29) is 16.1 Å². The van der Waals surface area contributed by atoms with Crippen LogP contribution in [-0.2, 0) is 10.0 Å². The molecule has 0 bridgehead atoms. The zero-order valence-corrected chi connectivity index (χ0v) is 10.5. The Labute approximate surface area is 110 Å². The lowest BCUT2D eigenvalue weighted by atomic mass is 10.2. The van der Waals surface area contributed by atoms with Gasteiger partial charge in [0.25, 0.3) is 10.0 Å². The van der Waals surface area contributed by atoms with E-state index in [0.29, 0.717) is 0 Å². The Bertz CT molecular complexity index is 751. The predicted octanol–water partition coefficient (Wildman–Crippen LogP) is 2.50. The number of nitrogens with one attached hydrogen (secondary N) is 1. The van der Waals surface area contributed by atoms with E-state index in [4.69, 9.17) is 5.26 Å². The lowest BCUT2D eigenvalue weighted by Crippen LogP contribution is -2.15. The molecule has 0 saturated heterocycles. The molecule has 0 aliphatic heterocycles. The first-order valence-corrected chi connectivity index (χ1v) is 6.79. The molecule has 6 heteroatoms. The Kier molecular flexibility index (Phi) is 3.49. The van der Waals surface area contributed by atoms with Crippen LogP contribution in [0.1, 0.15) is 5.56 Å². The minimum absolute atomic E-state index is 0.00587. The summed E-state index contributed by atoms with van der Waals surface area (Å²) in [7, 11) is -3.99. The van der Waals surface area contributed by atoms with Gasteiger partial charge in [-0.15, -0.1) is 0 Å². The van der Waals surface area contributed by atoms with Gasteiger partial charge in [-0.1, -0.05) is 24.3 Å². The Morgan fingerprint density at radius 2 is 1.68 bits per heavy atom. The molecule has 0 unspecified atom stereocenters. The quantitative estimate of drug-likeness (QED) is 0.936. The van der Waals surface area contributed by atoms with Crippen LogP contribution in [0, 0.1) is 17.1 Å². The highest BCUT2D eigenvalue weighted by molar-refractivity contribution is 7.92. The van der Waals surface area contributed by atoms with Crippen LogP contribution in [0.25, 0.3) is 0 Å². The summed E-state index contributed by atoms with van der Waals surface area (Å²) in [6, 6.07) is 12.9. The van der Waals surface area contributed by atoms with Gasteiger partial charge in [0.15, 0.2) is 0 Å². The molecule has 0 heterocycles. The summed E-state index contributed by atoms with van der Waals surface area (Å²) >= 11 is 0. The Hall–Kier alpha value is -2.39. The first kappa shape index (κ1) is 13.1. The SMILES string of the molecule is N#Cc1ccccc1S(=O)(=O)Nc1ccccc1F. The van der Waals surface area contributed by atoms with Crippen molar-refractivity contribution in [2.45, 2.75) is 4.90 Å². The molecule has 2 aromatic carbocycles. The third-order valence-electron chi connectivity index (χ3n) is 2.42. The van der Waals surface area contributed by atoms with Crippen molar-refractivity contribution >= 4 is 15.7 Å². The van der Waals surface area contributed by atoms with Gasteiger partial charge in [-0.05, 0) is 24.3 Å². The minimum Gasteiger partial charge on any atom is -0.277 e. The Morgan fingerprint density at radius 1 is 1.05 bits per heavy atom. The second-order valence-corrected chi connectivity index (χ2v) is 5.34. The number of para-hydroxylation sites is 1. The fraction of sp³-hybridized carbons (Fsp3) is 0. The van der Waals surface area contributed by atoms with Crippen molar-refractivity contribution in [1.82, 2.24) is 0 Å². The summed E-state index contributed by atoms with van der Waals surface area (Å²) < 4.78 is 39.8. The first-order valence-electron chi connectivity index (χ1n) is 5.31. The second-order valence-electron chi connectivity index (χ2n) is 3.69. The van der Waals surface area contributed by atoms with Gasteiger partial charge in [0.1, 0.15) is 16.8 Å². The summed E-state index contributed by atoms with van der Waals surface area (Å²) in [6.45, 7) is 0. The molecular formula is C13H9FN2O2S. The van der Waals surface area contributed by atoms with Gasteiger partial charge < -0.3 is 0 Å². The number of nitriles is 1. The largest absolute Gasteiger partial charge is 0.277 e. The van der Waals surface area contributed by atoms with E-state index in [1.165, 1.54) is 36.4 Å². The van der Waals surface area contributed by atoms with Gasteiger partial charge >= 0.3 is 0 Å². The average Bonchev–Trinajstić information content (AvgIpc) is 2.41. The van der Waals surface area contributed by atoms with Gasteiger partial charge in [-0.3, -0.25) is 4.72 Å². The number of benzene rings is 2. The monoisotopic (exact) mass is 276 g/mol. The van der Waals surface area contributed by atoms with Crippen molar-refractivity contribution in [3.05, 3.63) is 59.9 Å². The van der Waals surface area contributed by atoms with E-state index < -0.39 is 15.8 Å². The van der Waals surface area contributed by atoms with Crippen LogP contribution in [0.5, 0.6) is 0 Å². The standard InChI is InChI=1S/C13H9FN2O2S/c14-11-6-2-3-7-12(11)16-19(17,18)13-8-4-1-5-10(13)9-15/h1-8,16H. The molecule has 0 aromatic heterocycles. The number of halogens is 1. The van der Waals surface area contributed by atoms with Crippen molar-refractivity contribution in [3.63, 3.8) is 0 Å². The first-order chi connectivity index (χ1) is 9.04. The van der Waals surface area contributed by atoms with Crippen molar-refractivity contribution < 1.29 is 12.8 Å². The van der Waals surface area contributed by atoms with Crippen LogP contribution in [0.2, 0.25) is 0 Å². The number of hydrogen-bond acceptors (Lipinski definition) is 3. The number of hydrogen-bond donors (Lipinski definition) is 1. The zero-order valence-electron chi connectivity index (χ0n) is 9.67. The molecule has 2 aromatic rings. The summed E-state index contributed by atoms with van der Waals surface area (Å²) in [6.07, 6.45) is 0. The van der Waals surface area contributed by atoms with Gasteiger partial charge in [0, 0.05) is 0 Å². The van der Waals surface area contributed by atoms with Crippen molar-refractivity contribution in [2.75, 3.05) is 4.72 Å². The van der Waals surface area contributed by atoms with Gasteiger partial charge in [-0.2, -0.15) is 5.26 Å². The molecule has 0 aliphatic rings. The zero-order chi connectivity index (χ0) is 13.9. The van der Waals surface area contributed by atoms with Gasteiger partial charge in [0.05, 0.1) is 11.3 Å². The summed E-state index contributed by atoms with van der Waals surface area (Å²) in [5.41, 5.74) is -0.151. The maximum atomic E-state index is 13.4. The number of rotatable bonds is 3. The fourth-order valence-electron chi connectivity index (χ4n) is 1.54. The molecule has 96 valence electrons. The summed E-state index contributed by atoms with van der Waals surface area (Å²) in [4.78, 5) is -0.180. The number of anilines is 1. The smallest absolute Gasteiger partial charge is 0.263 e. The highest BCUT2D eigenvalue weighted by Crippen LogP contribution is 2.20. The highest BCUT2D eigenvalue weighted by atomic mass is 32.2. The molecule has 4 nitrogen and oxygen atoms in total. The summed E-state index contributed by atoms with van der Waals surface area (Å²) in [5, 5.41) is 8.89. The van der Waals surface area contributed by atoms with Crippen molar-refractivity contribution in [3.8, 4) is 6.07 Å².